The molecule has 1 aromatic carbocycles. The number of para-hydroxylation sites is 1. The van der Waals surface area contributed by atoms with Gasteiger partial charge in [0.25, 0.3) is 0 Å². The van der Waals surface area contributed by atoms with E-state index in [9.17, 15) is 5.11 Å². The van der Waals surface area contributed by atoms with Gasteiger partial charge in [0.05, 0.1) is 11.1 Å². The molecule has 0 radical (unpaired) electrons. The molecule has 2 aromatic rings. The average Bonchev–Trinajstić information content (AvgIpc) is 3.13. The van der Waals surface area contributed by atoms with Crippen molar-refractivity contribution in [2.45, 2.75) is 111 Å². The molecule has 0 aliphatic heterocycles. The zero-order chi connectivity index (χ0) is 23.6. The molecule has 2 aliphatic carbocycles. The van der Waals surface area contributed by atoms with Crippen LogP contribution in [0.4, 0.5) is 0 Å². The lowest BCUT2D eigenvalue weighted by atomic mass is 9.55. The van der Waals surface area contributed by atoms with Crippen molar-refractivity contribution in [3.05, 3.63) is 24.3 Å². The smallest absolute Gasteiger partial charge is 0.113 e. The minimum absolute atomic E-state index is 0.362. The Morgan fingerprint density at radius 2 is 1.82 bits per heavy atom. The highest BCUT2D eigenvalue weighted by atomic mass is 16.3. The van der Waals surface area contributed by atoms with Crippen molar-refractivity contribution in [1.29, 1.82) is 0 Å². The van der Waals surface area contributed by atoms with Crippen LogP contribution in [0.3, 0.4) is 0 Å². The summed E-state index contributed by atoms with van der Waals surface area (Å²) in [6.45, 7) is 12.8. The first-order chi connectivity index (χ1) is 15.8. The van der Waals surface area contributed by atoms with Crippen molar-refractivity contribution in [3.8, 4) is 0 Å². The van der Waals surface area contributed by atoms with Gasteiger partial charge in [-0.1, -0.05) is 77.6 Å². The van der Waals surface area contributed by atoms with E-state index >= 15 is 0 Å². The molecule has 4 nitrogen and oxygen atoms in total. The van der Waals surface area contributed by atoms with Crippen molar-refractivity contribution in [2.75, 3.05) is 0 Å². The first kappa shape index (κ1) is 24.7. The fourth-order valence-corrected chi connectivity index (χ4v) is 7.58. The molecular formula is C29H47N3O. The zero-order valence-electron chi connectivity index (χ0n) is 21.8. The summed E-state index contributed by atoms with van der Waals surface area (Å²) in [6.07, 6.45) is 12.6. The van der Waals surface area contributed by atoms with Crippen LogP contribution >= 0.6 is 0 Å². The quantitative estimate of drug-likeness (QED) is 0.389. The summed E-state index contributed by atoms with van der Waals surface area (Å²) in [4.78, 5) is 0. The van der Waals surface area contributed by atoms with Crippen molar-refractivity contribution in [3.63, 3.8) is 0 Å². The molecule has 0 amide bonds. The summed E-state index contributed by atoms with van der Waals surface area (Å²) >= 11 is 0. The fourth-order valence-electron chi connectivity index (χ4n) is 7.58. The second-order valence-corrected chi connectivity index (χ2v) is 11.8. The maximum Gasteiger partial charge on any atom is 0.113 e. The summed E-state index contributed by atoms with van der Waals surface area (Å²) in [5.41, 5.74) is 2.23. The van der Waals surface area contributed by atoms with Gasteiger partial charge in [-0.3, -0.25) is 0 Å². The molecule has 0 bridgehead atoms. The number of fused-ring (bicyclic) bond motifs is 1. The summed E-state index contributed by atoms with van der Waals surface area (Å²) in [5.74, 6) is 3.47. The maximum absolute atomic E-state index is 10.8. The normalized spacial score (nSPS) is 36.4. The van der Waals surface area contributed by atoms with Crippen LogP contribution in [0.2, 0.25) is 0 Å². The molecule has 2 aliphatic rings. The zero-order valence-corrected chi connectivity index (χ0v) is 21.8. The average molecular weight is 454 g/mol. The Bertz CT molecular complexity index is 899. The summed E-state index contributed by atoms with van der Waals surface area (Å²) in [6, 6.07) is 8.30. The summed E-state index contributed by atoms with van der Waals surface area (Å²) < 4.78 is 2.10. The molecule has 33 heavy (non-hydrogen) atoms. The molecule has 6 atom stereocenters. The Morgan fingerprint density at radius 1 is 1.06 bits per heavy atom. The number of aryl methyl sites for hydroxylation is 1. The molecule has 184 valence electrons. The number of aromatic nitrogens is 3. The topological polar surface area (TPSA) is 50.9 Å². The van der Waals surface area contributed by atoms with Crippen LogP contribution in [-0.4, -0.2) is 25.7 Å². The van der Waals surface area contributed by atoms with Crippen molar-refractivity contribution in [1.82, 2.24) is 15.0 Å². The first-order valence-electron chi connectivity index (χ1n) is 13.8. The van der Waals surface area contributed by atoms with Crippen LogP contribution < -0.4 is 0 Å². The lowest BCUT2D eigenvalue weighted by Gasteiger charge is -2.50. The Morgan fingerprint density at radius 3 is 2.52 bits per heavy atom. The number of benzene rings is 1. The molecular weight excluding hydrogens is 406 g/mol. The lowest BCUT2D eigenvalue weighted by Crippen LogP contribution is -2.41. The molecule has 0 saturated heterocycles. The third-order valence-corrected chi connectivity index (χ3v) is 10.1. The molecule has 1 heterocycles. The van der Waals surface area contributed by atoms with Gasteiger partial charge >= 0.3 is 0 Å². The molecule has 0 spiro atoms. The van der Waals surface area contributed by atoms with Gasteiger partial charge in [0.1, 0.15) is 5.52 Å². The third kappa shape index (κ3) is 4.88. The molecule has 1 aromatic heterocycles. The molecule has 4 heteroatoms. The van der Waals surface area contributed by atoms with E-state index in [4.69, 9.17) is 0 Å². The number of aliphatic hydroxyl groups is 1. The van der Waals surface area contributed by atoms with Crippen LogP contribution in [0.15, 0.2) is 24.3 Å². The van der Waals surface area contributed by atoms with E-state index in [1.165, 1.54) is 57.8 Å². The standard InChI is InChI=1S/C29H47N3O/c1-6-12-25-24(7-2)23(13-10-18-29(33)21(3)22(29)4)16-19-28(25,5)17-11-20-32-27-15-9-8-14-26(27)30-31-32/h8-9,14-15,21-25,33H,6-7,10-13,16-20H2,1-5H3/t21?,22?,23-,24?,25-,28-,29?/m0/s1. The Hall–Kier alpha value is -1.42. The summed E-state index contributed by atoms with van der Waals surface area (Å²) in [7, 11) is 0. The Kier molecular flexibility index (Phi) is 7.53. The monoisotopic (exact) mass is 453 g/mol. The highest BCUT2D eigenvalue weighted by molar-refractivity contribution is 5.73. The first-order valence-corrected chi connectivity index (χ1v) is 13.8. The van der Waals surface area contributed by atoms with Gasteiger partial charge in [0, 0.05) is 6.54 Å². The molecule has 2 fully saturated rings. The van der Waals surface area contributed by atoms with Gasteiger partial charge in [0.2, 0.25) is 0 Å². The van der Waals surface area contributed by atoms with Crippen LogP contribution in [0.25, 0.3) is 11.0 Å². The highest BCUT2D eigenvalue weighted by Crippen LogP contribution is 2.55. The molecule has 4 rings (SSSR count). The van der Waals surface area contributed by atoms with Crippen molar-refractivity contribution >= 4 is 11.0 Å². The van der Waals surface area contributed by atoms with Gasteiger partial charge in [-0.05, 0) is 85.7 Å². The van der Waals surface area contributed by atoms with Gasteiger partial charge in [-0.25, -0.2) is 4.68 Å². The second-order valence-electron chi connectivity index (χ2n) is 11.8. The number of hydrogen-bond donors (Lipinski definition) is 1. The Labute approximate surface area is 201 Å². The van der Waals surface area contributed by atoms with E-state index in [1.807, 2.05) is 12.1 Å². The van der Waals surface area contributed by atoms with E-state index in [0.29, 0.717) is 17.3 Å². The minimum atomic E-state index is -0.362. The van der Waals surface area contributed by atoms with Gasteiger partial charge in [0.15, 0.2) is 0 Å². The van der Waals surface area contributed by atoms with Crippen LogP contribution in [0.5, 0.6) is 0 Å². The third-order valence-electron chi connectivity index (χ3n) is 10.1. The molecule has 3 unspecified atom stereocenters. The van der Waals surface area contributed by atoms with Crippen molar-refractivity contribution in [2.24, 2.45) is 35.0 Å². The summed E-state index contributed by atoms with van der Waals surface area (Å²) in [5, 5.41) is 19.5. The van der Waals surface area contributed by atoms with E-state index < -0.39 is 0 Å². The van der Waals surface area contributed by atoms with Gasteiger partial charge in [-0.2, -0.15) is 0 Å². The van der Waals surface area contributed by atoms with Crippen LogP contribution in [-0.2, 0) is 6.54 Å². The largest absolute Gasteiger partial charge is 0.389 e. The minimum Gasteiger partial charge on any atom is -0.389 e. The van der Waals surface area contributed by atoms with E-state index in [-0.39, 0.29) is 5.60 Å². The van der Waals surface area contributed by atoms with E-state index in [1.54, 1.807) is 0 Å². The maximum atomic E-state index is 10.8. The van der Waals surface area contributed by atoms with Crippen LogP contribution in [0, 0.1) is 35.0 Å². The second kappa shape index (κ2) is 10.1. The number of rotatable bonds is 11. The van der Waals surface area contributed by atoms with E-state index in [2.05, 4.69) is 61.7 Å². The Balaban J connectivity index is 1.36. The van der Waals surface area contributed by atoms with Crippen molar-refractivity contribution < 1.29 is 5.11 Å². The molecule has 2 saturated carbocycles. The van der Waals surface area contributed by atoms with Gasteiger partial charge < -0.3 is 5.11 Å². The fraction of sp³-hybridized carbons (Fsp3) is 0.793. The SMILES string of the molecule is CCC[C@H]1C(CC)[C@@H](CCCC2(O)C(C)C2C)CC[C@]1(C)CCCn1nnc2ccccc21. The van der Waals surface area contributed by atoms with Gasteiger partial charge in [-0.15, -0.1) is 5.10 Å². The lowest BCUT2D eigenvalue weighted by molar-refractivity contribution is -0.00721. The van der Waals surface area contributed by atoms with E-state index in [0.717, 1.165) is 41.8 Å². The highest BCUT2D eigenvalue weighted by Gasteiger charge is 2.57. The number of hydrogen-bond acceptors (Lipinski definition) is 3. The predicted molar refractivity (Wildman–Crippen MR) is 137 cm³/mol. The number of nitrogens with zero attached hydrogens (tertiary/aromatic N) is 3. The molecule has 1 N–H and O–H groups in total. The van der Waals surface area contributed by atoms with Crippen LogP contribution in [0.1, 0.15) is 98.8 Å². The predicted octanol–water partition coefficient (Wildman–Crippen LogP) is 7.26.